The van der Waals surface area contributed by atoms with E-state index in [1.165, 1.54) is 25.7 Å². The molecule has 2 fully saturated rings. The lowest BCUT2D eigenvalue weighted by Crippen LogP contribution is -2.37. The molecule has 9 heteroatoms. The molecule has 1 aromatic carbocycles. The van der Waals surface area contributed by atoms with Gasteiger partial charge in [-0.1, -0.05) is 19.9 Å². The molecule has 0 amide bonds. The Kier molecular flexibility index (Phi) is 6.89. The smallest absolute Gasteiger partial charge is 0.232 e. The average Bonchev–Trinajstić information content (AvgIpc) is 3.30. The van der Waals surface area contributed by atoms with Crippen molar-refractivity contribution in [3.63, 3.8) is 0 Å². The largest absolute Gasteiger partial charge is 0.454 e. The number of benzene rings is 1. The first-order chi connectivity index (χ1) is 16.5. The van der Waals surface area contributed by atoms with Gasteiger partial charge in [0.1, 0.15) is 11.6 Å². The first kappa shape index (κ1) is 23.0. The standard InChI is InChI=1S/C25H34N6O2S/c1-17-5-3-9-30(14-17)22-12-23(31-10-4-6-18(2)15-31)28-24(27-22)29-25(34)26-13-19-7-8-20-21(11-19)33-16-32-20/h7-8,11-12,17-18H,3-6,9-10,13-16H2,1-2H3,(H2,26,27,28,29,34)/t17-,18-/m1/s1. The zero-order valence-corrected chi connectivity index (χ0v) is 20.9. The van der Waals surface area contributed by atoms with E-state index in [-0.39, 0.29) is 6.79 Å². The number of fused-ring (bicyclic) bond motifs is 1. The van der Waals surface area contributed by atoms with Gasteiger partial charge >= 0.3 is 0 Å². The minimum Gasteiger partial charge on any atom is -0.454 e. The van der Waals surface area contributed by atoms with Crippen molar-refractivity contribution in [1.82, 2.24) is 15.3 Å². The van der Waals surface area contributed by atoms with E-state index in [0.717, 1.165) is 54.9 Å². The molecule has 2 saturated heterocycles. The molecule has 2 atom stereocenters. The van der Waals surface area contributed by atoms with E-state index in [1.54, 1.807) is 0 Å². The highest BCUT2D eigenvalue weighted by molar-refractivity contribution is 7.80. The molecule has 5 rings (SSSR count). The highest BCUT2D eigenvalue weighted by atomic mass is 32.1. The van der Waals surface area contributed by atoms with Crippen LogP contribution in [0.1, 0.15) is 45.1 Å². The van der Waals surface area contributed by atoms with Crippen LogP contribution in [0.15, 0.2) is 24.3 Å². The summed E-state index contributed by atoms with van der Waals surface area (Å²) in [5.41, 5.74) is 1.06. The Morgan fingerprint density at radius 2 is 1.62 bits per heavy atom. The first-order valence-electron chi connectivity index (χ1n) is 12.4. The topological polar surface area (TPSA) is 74.8 Å². The van der Waals surface area contributed by atoms with Crippen LogP contribution in [-0.2, 0) is 6.54 Å². The summed E-state index contributed by atoms with van der Waals surface area (Å²) in [5.74, 6) is 5.40. The molecule has 182 valence electrons. The lowest BCUT2D eigenvalue weighted by atomic mass is 10.00. The van der Waals surface area contributed by atoms with Crippen molar-refractivity contribution in [2.24, 2.45) is 11.8 Å². The molecule has 0 aliphatic carbocycles. The first-order valence-corrected chi connectivity index (χ1v) is 12.8. The van der Waals surface area contributed by atoms with Crippen molar-refractivity contribution in [3.05, 3.63) is 29.8 Å². The average molecular weight is 483 g/mol. The van der Waals surface area contributed by atoms with Crippen molar-refractivity contribution in [2.45, 2.75) is 46.1 Å². The summed E-state index contributed by atoms with van der Waals surface area (Å²) < 4.78 is 10.9. The van der Waals surface area contributed by atoms with E-state index in [4.69, 9.17) is 31.7 Å². The van der Waals surface area contributed by atoms with Gasteiger partial charge in [0, 0.05) is 38.8 Å². The SMILES string of the molecule is C[C@@H]1CCCN(c2cc(N3CCC[C@@H](C)C3)nc(NC(=S)NCc3ccc4c(c3)OCO4)n2)C1. The predicted molar refractivity (Wildman–Crippen MR) is 139 cm³/mol. The second-order valence-electron chi connectivity index (χ2n) is 9.79. The number of hydrogen-bond donors (Lipinski definition) is 2. The maximum Gasteiger partial charge on any atom is 0.232 e. The number of nitrogens with one attached hydrogen (secondary N) is 2. The van der Waals surface area contributed by atoms with Crippen molar-refractivity contribution in [1.29, 1.82) is 0 Å². The predicted octanol–water partition coefficient (Wildman–Crippen LogP) is 4.16. The maximum atomic E-state index is 5.59. The fraction of sp³-hybridized carbons (Fsp3) is 0.560. The number of hydrogen-bond acceptors (Lipinski definition) is 7. The van der Waals surface area contributed by atoms with E-state index < -0.39 is 0 Å². The van der Waals surface area contributed by atoms with Gasteiger partial charge in [-0.2, -0.15) is 9.97 Å². The third-order valence-corrected chi connectivity index (χ3v) is 7.02. The molecule has 0 radical (unpaired) electrons. The Balaban J connectivity index is 1.30. The maximum absolute atomic E-state index is 5.59. The normalized spacial score (nSPS) is 21.9. The summed E-state index contributed by atoms with van der Waals surface area (Å²) in [7, 11) is 0. The van der Waals surface area contributed by atoms with Crippen molar-refractivity contribution in [2.75, 3.05) is 48.1 Å². The van der Waals surface area contributed by atoms with Crippen molar-refractivity contribution >= 4 is 34.9 Å². The van der Waals surface area contributed by atoms with Crippen LogP contribution in [0.25, 0.3) is 0 Å². The van der Waals surface area contributed by atoms with Crippen LogP contribution in [0.3, 0.4) is 0 Å². The van der Waals surface area contributed by atoms with Crippen LogP contribution in [0.2, 0.25) is 0 Å². The number of anilines is 3. The number of nitrogens with zero attached hydrogens (tertiary/aromatic N) is 4. The van der Waals surface area contributed by atoms with Gasteiger partial charge in [-0.15, -0.1) is 0 Å². The molecule has 34 heavy (non-hydrogen) atoms. The Hall–Kier alpha value is -2.81. The third kappa shape index (κ3) is 5.46. The fourth-order valence-electron chi connectivity index (χ4n) is 4.98. The van der Waals surface area contributed by atoms with E-state index in [0.29, 0.717) is 29.4 Å². The van der Waals surface area contributed by atoms with Crippen LogP contribution in [-0.4, -0.2) is 48.1 Å². The third-order valence-electron chi connectivity index (χ3n) is 6.78. The minimum atomic E-state index is 0.272. The van der Waals surface area contributed by atoms with Crippen molar-refractivity contribution < 1.29 is 9.47 Å². The van der Waals surface area contributed by atoms with Crippen LogP contribution < -0.4 is 29.9 Å². The quantitative estimate of drug-likeness (QED) is 0.611. The molecular weight excluding hydrogens is 448 g/mol. The van der Waals surface area contributed by atoms with Gasteiger partial charge in [0.05, 0.1) is 0 Å². The zero-order chi connectivity index (χ0) is 23.5. The number of piperidine rings is 2. The second kappa shape index (κ2) is 10.2. The molecule has 3 aliphatic heterocycles. The molecule has 4 heterocycles. The summed E-state index contributed by atoms with van der Waals surface area (Å²) in [4.78, 5) is 14.5. The van der Waals surface area contributed by atoms with E-state index in [1.807, 2.05) is 18.2 Å². The zero-order valence-electron chi connectivity index (χ0n) is 20.0. The number of thiocarbonyl (C=S) groups is 1. The van der Waals surface area contributed by atoms with Gasteiger partial charge in [0.15, 0.2) is 16.6 Å². The highest BCUT2D eigenvalue weighted by Crippen LogP contribution is 2.32. The molecule has 1 aromatic heterocycles. The summed E-state index contributed by atoms with van der Waals surface area (Å²) in [6, 6.07) is 8.06. The van der Waals surface area contributed by atoms with Gasteiger partial charge in [-0.3, -0.25) is 0 Å². The molecule has 2 N–H and O–H groups in total. The molecule has 0 saturated carbocycles. The molecule has 3 aliphatic rings. The Morgan fingerprint density at radius 1 is 0.971 bits per heavy atom. The fourth-order valence-corrected chi connectivity index (χ4v) is 5.14. The van der Waals surface area contributed by atoms with E-state index >= 15 is 0 Å². The van der Waals surface area contributed by atoms with Gasteiger partial charge in [0.25, 0.3) is 0 Å². The highest BCUT2D eigenvalue weighted by Gasteiger charge is 2.23. The minimum absolute atomic E-state index is 0.272. The van der Waals surface area contributed by atoms with Crippen LogP contribution in [0, 0.1) is 11.8 Å². The van der Waals surface area contributed by atoms with Gasteiger partial charge in [-0.25, -0.2) is 0 Å². The summed E-state index contributed by atoms with van der Waals surface area (Å²) in [6.45, 7) is 9.59. The lowest BCUT2D eigenvalue weighted by molar-refractivity contribution is 0.174. The number of ether oxygens (including phenoxy) is 2. The molecule has 0 bridgehead atoms. The molecule has 2 aromatic rings. The molecular formula is C25H34N6O2S. The van der Waals surface area contributed by atoms with Crippen molar-refractivity contribution in [3.8, 4) is 11.5 Å². The van der Waals surface area contributed by atoms with Gasteiger partial charge < -0.3 is 29.9 Å². The number of aromatic nitrogens is 2. The Labute approximate surface area is 207 Å². The molecule has 0 unspecified atom stereocenters. The van der Waals surface area contributed by atoms with Gasteiger partial charge in [0.2, 0.25) is 12.7 Å². The monoisotopic (exact) mass is 482 g/mol. The number of rotatable bonds is 5. The molecule has 0 spiro atoms. The van der Waals surface area contributed by atoms with Crippen LogP contribution in [0.4, 0.5) is 17.6 Å². The summed E-state index contributed by atoms with van der Waals surface area (Å²) >= 11 is 5.59. The van der Waals surface area contributed by atoms with Crippen LogP contribution >= 0.6 is 12.2 Å². The lowest BCUT2D eigenvalue weighted by Gasteiger charge is -2.35. The van der Waals surface area contributed by atoms with E-state index in [9.17, 15) is 0 Å². The molecule has 8 nitrogen and oxygen atoms in total. The Morgan fingerprint density at radius 3 is 2.26 bits per heavy atom. The van der Waals surface area contributed by atoms with Gasteiger partial charge in [-0.05, 0) is 67.4 Å². The summed E-state index contributed by atoms with van der Waals surface area (Å²) in [6.07, 6.45) is 4.94. The summed E-state index contributed by atoms with van der Waals surface area (Å²) in [5, 5.41) is 7.00. The Bertz CT molecular complexity index is 994. The second-order valence-corrected chi connectivity index (χ2v) is 10.2. The van der Waals surface area contributed by atoms with Crippen LogP contribution in [0.5, 0.6) is 11.5 Å². The van der Waals surface area contributed by atoms with E-state index in [2.05, 4.69) is 40.3 Å².